The van der Waals surface area contributed by atoms with Gasteiger partial charge in [-0.1, -0.05) is 17.8 Å². The highest BCUT2D eigenvalue weighted by atomic mass is 32.2. The summed E-state index contributed by atoms with van der Waals surface area (Å²) in [5.74, 6) is -0.151. The first kappa shape index (κ1) is 20.0. The van der Waals surface area contributed by atoms with E-state index < -0.39 is 0 Å². The van der Waals surface area contributed by atoms with Crippen molar-refractivity contribution in [2.45, 2.75) is 13.1 Å². The van der Waals surface area contributed by atoms with Crippen molar-refractivity contribution in [1.82, 2.24) is 14.8 Å². The molecule has 160 valence electrons. The Balaban J connectivity index is 1.36. The minimum Gasteiger partial charge on any atom is -0.379 e. The lowest BCUT2D eigenvalue weighted by atomic mass is 10.0. The first-order valence-electron chi connectivity index (χ1n) is 10.2. The molecule has 0 bridgehead atoms. The van der Waals surface area contributed by atoms with Crippen LogP contribution in [0.4, 0.5) is 10.5 Å². The molecule has 5 rings (SSSR count). The third-order valence-electron chi connectivity index (χ3n) is 5.62. The number of benzene rings is 1. The van der Waals surface area contributed by atoms with E-state index in [1.54, 1.807) is 0 Å². The number of nitrogens with zero attached hydrogens (tertiary/aromatic N) is 2. The average Bonchev–Trinajstić information content (AvgIpc) is 3.43. The lowest BCUT2D eigenvalue weighted by molar-refractivity contribution is -0.125. The van der Waals surface area contributed by atoms with Gasteiger partial charge in [-0.05, 0) is 35.4 Å². The predicted molar refractivity (Wildman–Crippen MR) is 118 cm³/mol. The van der Waals surface area contributed by atoms with Crippen LogP contribution in [0.1, 0.15) is 22.4 Å². The zero-order valence-corrected chi connectivity index (χ0v) is 17.7. The number of ether oxygens (including phenoxy) is 1. The minimum absolute atomic E-state index is 0.160. The number of carbonyl (C=O) groups is 3. The Kier molecular flexibility index (Phi) is 5.39. The van der Waals surface area contributed by atoms with Crippen molar-refractivity contribution in [2.24, 2.45) is 0 Å². The molecule has 4 heterocycles. The number of aromatic amines is 1. The highest BCUT2D eigenvalue weighted by molar-refractivity contribution is 8.14. The number of aromatic nitrogens is 1. The first-order chi connectivity index (χ1) is 15.1. The van der Waals surface area contributed by atoms with E-state index in [2.05, 4.69) is 21.3 Å². The molecule has 2 saturated heterocycles. The van der Waals surface area contributed by atoms with Crippen molar-refractivity contribution >= 4 is 46.2 Å². The molecular formula is C22H22N4O4S. The number of fused-ring (bicyclic) bond motifs is 1. The fourth-order valence-electron chi connectivity index (χ4n) is 4.00. The standard InChI is InChI=1S/C22H22N4O4S/c27-20-13-31-22(29)26(20)11-14-1-2-19-17(8-14)18(21(28)24-19)9-15-7-16(23-10-15)12-25-3-5-30-6-4-25/h1-2,7-10,23H,3-6,11-13H2,(H,24,28). The Morgan fingerprint density at radius 2 is 1.94 bits per heavy atom. The lowest BCUT2D eigenvalue weighted by Crippen LogP contribution is -2.35. The molecule has 2 N–H and O–H groups in total. The largest absolute Gasteiger partial charge is 0.379 e. The molecule has 3 amide bonds. The SMILES string of the molecule is O=C1Nc2ccc(CN3C(=O)CSC3=O)cc2C1=Cc1c[nH]c(CN2CCOCC2)c1. The molecule has 0 saturated carbocycles. The van der Waals surface area contributed by atoms with Crippen molar-refractivity contribution in [3.05, 3.63) is 52.8 Å². The fourth-order valence-corrected chi connectivity index (χ4v) is 4.72. The van der Waals surface area contributed by atoms with Gasteiger partial charge in [-0.2, -0.15) is 0 Å². The zero-order valence-electron chi connectivity index (χ0n) is 16.8. The number of hydrogen-bond donors (Lipinski definition) is 2. The summed E-state index contributed by atoms with van der Waals surface area (Å²) in [4.78, 5) is 43.3. The topological polar surface area (TPSA) is 94.7 Å². The van der Waals surface area contributed by atoms with E-state index in [1.807, 2.05) is 30.5 Å². The molecule has 2 fully saturated rings. The second kappa shape index (κ2) is 8.33. The smallest absolute Gasteiger partial charge is 0.289 e. The highest BCUT2D eigenvalue weighted by Crippen LogP contribution is 2.34. The summed E-state index contributed by atoms with van der Waals surface area (Å²) in [6.07, 6.45) is 3.77. The van der Waals surface area contributed by atoms with Crippen molar-refractivity contribution in [3.63, 3.8) is 0 Å². The number of thioether (sulfide) groups is 1. The normalized spacial score (nSPS) is 20.6. The van der Waals surface area contributed by atoms with Crippen LogP contribution in [0.25, 0.3) is 11.6 Å². The summed E-state index contributed by atoms with van der Waals surface area (Å²) >= 11 is 1.02. The molecule has 0 aliphatic carbocycles. The number of rotatable bonds is 5. The Morgan fingerprint density at radius 1 is 1.10 bits per heavy atom. The van der Waals surface area contributed by atoms with Gasteiger partial charge in [0.15, 0.2) is 0 Å². The van der Waals surface area contributed by atoms with Crippen molar-refractivity contribution in [2.75, 3.05) is 37.4 Å². The molecule has 1 aromatic carbocycles. The van der Waals surface area contributed by atoms with E-state index in [0.717, 1.165) is 72.7 Å². The molecular weight excluding hydrogens is 416 g/mol. The number of carbonyl (C=O) groups excluding carboxylic acids is 3. The number of amides is 3. The minimum atomic E-state index is -0.226. The summed E-state index contributed by atoms with van der Waals surface area (Å²) in [5.41, 5.74) is 4.91. The van der Waals surface area contributed by atoms with Gasteiger partial charge in [-0.15, -0.1) is 0 Å². The van der Waals surface area contributed by atoms with Crippen LogP contribution < -0.4 is 5.32 Å². The van der Waals surface area contributed by atoms with Gasteiger partial charge in [0.1, 0.15) is 0 Å². The van der Waals surface area contributed by atoms with E-state index in [1.165, 1.54) is 4.90 Å². The number of H-pyrrole nitrogens is 1. The number of hydrogen-bond acceptors (Lipinski definition) is 6. The quantitative estimate of drug-likeness (QED) is 0.697. The van der Waals surface area contributed by atoms with Gasteiger partial charge in [0, 0.05) is 48.3 Å². The monoisotopic (exact) mass is 438 g/mol. The number of morpholine rings is 1. The predicted octanol–water partition coefficient (Wildman–Crippen LogP) is 2.54. The van der Waals surface area contributed by atoms with Gasteiger partial charge in [0.2, 0.25) is 5.91 Å². The van der Waals surface area contributed by atoms with Gasteiger partial charge >= 0.3 is 0 Å². The highest BCUT2D eigenvalue weighted by Gasteiger charge is 2.31. The van der Waals surface area contributed by atoms with Crippen LogP contribution in [0.2, 0.25) is 0 Å². The van der Waals surface area contributed by atoms with Crippen LogP contribution in [0, 0.1) is 0 Å². The molecule has 0 radical (unpaired) electrons. The molecule has 9 heteroatoms. The number of anilines is 1. The summed E-state index contributed by atoms with van der Waals surface area (Å²) in [6.45, 7) is 4.36. The molecule has 31 heavy (non-hydrogen) atoms. The Hall–Kier alpha value is -2.88. The average molecular weight is 439 g/mol. The summed E-state index contributed by atoms with van der Waals surface area (Å²) in [6, 6.07) is 7.59. The van der Waals surface area contributed by atoms with Crippen LogP contribution in [-0.4, -0.2) is 63.9 Å². The van der Waals surface area contributed by atoms with Gasteiger partial charge in [-0.3, -0.25) is 24.2 Å². The van der Waals surface area contributed by atoms with E-state index in [4.69, 9.17) is 4.74 Å². The fraction of sp³-hybridized carbons (Fsp3) is 0.318. The summed E-state index contributed by atoms with van der Waals surface area (Å²) < 4.78 is 5.39. The van der Waals surface area contributed by atoms with Crippen LogP contribution in [0.15, 0.2) is 30.5 Å². The van der Waals surface area contributed by atoms with Crippen LogP contribution in [-0.2, 0) is 27.4 Å². The number of imide groups is 1. The molecule has 1 aromatic heterocycles. The van der Waals surface area contributed by atoms with E-state index >= 15 is 0 Å². The van der Waals surface area contributed by atoms with E-state index in [9.17, 15) is 14.4 Å². The Bertz CT molecular complexity index is 1070. The van der Waals surface area contributed by atoms with Crippen molar-refractivity contribution < 1.29 is 19.1 Å². The second-order valence-electron chi connectivity index (χ2n) is 7.77. The van der Waals surface area contributed by atoms with Gasteiger partial charge in [0.25, 0.3) is 11.1 Å². The third-order valence-corrected chi connectivity index (χ3v) is 6.48. The van der Waals surface area contributed by atoms with E-state index in [0.29, 0.717) is 5.57 Å². The maximum absolute atomic E-state index is 12.6. The molecule has 0 unspecified atom stereocenters. The molecule has 8 nitrogen and oxygen atoms in total. The maximum Gasteiger partial charge on any atom is 0.289 e. The van der Waals surface area contributed by atoms with Gasteiger partial charge in [-0.25, -0.2) is 0 Å². The molecule has 2 aromatic rings. The molecule has 0 spiro atoms. The van der Waals surface area contributed by atoms with Crippen LogP contribution in [0.5, 0.6) is 0 Å². The zero-order chi connectivity index (χ0) is 21.4. The van der Waals surface area contributed by atoms with Gasteiger partial charge in [0.05, 0.1) is 25.5 Å². The first-order valence-corrected chi connectivity index (χ1v) is 11.2. The third kappa shape index (κ3) is 4.16. The van der Waals surface area contributed by atoms with E-state index in [-0.39, 0.29) is 29.4 Å². The van der Waals surface area contributed by atoms with Crippen LogP contribution in [0.3, 0.4) is 0 Å². The van der Waals surface area contributed by atoms with Crippen LogP contribution >= 0.6 is 11.8 Å². The van der Waals surface area contributed by atoms with Crippen molar-refractivity contribution in [1.29, 1.82) is 0 Å². The number of nitrogens with one attached hydrogen (secondary N) is 2. The molecule has 3 aliphatic heterocycles. The van der Waals surface area contributed by atoms with Gasteiger partial charge < -0.3 is 15.0 Å². The van der Waals surface area contributed by atoms with Crippen molar-refractivity contribution in [3.8, 4) is 0 Å². The molecule has 3 aliphatic rings. The Labute approximate surface area is 183 Å². The second-order valence-corrected chi connectivity index (χ2v) is 8.70. The summed E-state index contributed by atoms with van der Waals surface area (Å²) in [5, 5.41) is 2.66. The maximum atomic E-state index is 12.6. The molecule has 0 atom stereocenters. The Morgan fingerprint density at radius 3 is 2.71 bits per heavy atom. The lowest BCUT2D eigenvalue weighted by Gasteiger charge is -2.25. The summed E-state index contributed by atoms with van der Waals surface area (Å²) in [7, 11) is 0.